The molecule has 0 radical (unpaired) electrons. The number of carbonyl (C=O) groups excluding carboxylic acids is 1. The normalized spacial score (nSPS) is 15.6. The summed E-state index contributed by atoms with van der Waals surface area (Å²) < 4.78 is 32.3. The molecule has 0 atom stereocenters. The van der Waals surface area contributed by atoms with E-state index in [1.807, 2.05) is 24.3 Å². The summed E-state index contributed by atoms with van der Waals surface area (Å²) in [4.78, 5) is 13.3. The lowest BCUT2D eigenvalue weighted by Gasteiger charge is -2.26. The van der Waals surface area contributed by atoms with E-state index in [0.29, 0.717) is 0 Å². The minimum atomic E-state index is -3.78. The molecule has 11 heteroatoms. The molecule has 1 aromatic heterocycles. The van der Waals surface area contributed by atoms with Crippen molar-refractivity contribution in [1.82, 2.24) is 19.8 Å². The van der Waals surface area contributed by atoms with Gasteiger partial charge in [-0.2, -0.15) is 0 Å². The monoisotopic (exact) mass is 411 g/mol. The van der Waals surface area contributed by atoms with Crippen LogP contribution in [0.4, 0.5) is 5.13 Å². The first-order valence-electron chi connectivity index (χ1n) is 8.41. The fourth-order valence-electron chi connectivity index (χ4n) is 2.54. The Balaban J connectivity index is 1.55. The summed E-state index contributed by atoms with van der Waals surface area (Å²) in [6.07, 6.45) is 0. The highest BCUT2D eigenvalue weighted by atomic mass is 32.2. The lowest BCUT2D eigenvalue weighted by molar-refractivity contribution is -0.114. The number of ether oxygens (including phenoxy) is 1. The lowest BCUT2D eigenvalue weighted by Crippen LogP contribution is -2.35. The zero-order chi connectivity index (χ0) is 19.3. The van der Waals surface area contributed by atoms with Gasteiger partial charge in [-0.1, -0.05) is 35.6 Å². The molecule has 0 bridgehead atoms. The number of amides is 1. The first kappa shape index (κ1) is 19.8. The molecular formula is C16H21N5O4S2. The van der Waals surface area contributed by atoms with Crippen molar-refractivity contribution >= 4 is 32.4 Å². The third kappa shape index (κ3) is 5.78. The van der Waals surface area contributed by atoms with Crippen molar-refractivity contribution in [2.24, 2.45) is 0 Å². The standard InChI is InChI=1S/C16H21N5O4S2/c1-12(22)18-15-19-20-16(26-15)27(23,24)17-10-13-2-4-14(5-3-13)11-21-6-8-25-9-7-21/h2-5,17H,6-11H2,1H3,(H,18,19,22). The Kier molecular flexibility index (Phi) is 6.50. The van der Waals surface area contributed by atoms with E-state index in [4.69, 9.17) is 4.74 Å². The van der Waals surface area contributed by atoms with E-state index in [2.05, 4.69) is 25.1 Å². The minimum absolute atomic E-state index is 0.148. The van der Waals surface area contributed by atoms with E-state index in [0.717, 1.165) is 49.7 Å². The van der Waals surface area contributed by atoms with E-state index in [1.165, 1.54) is 12.5 Å². The maximum absolute atomic E-state index is 12.3. The number of hydrogen-bond acceptors (Lipinski definition) is 8. The number of morpholine rings is 1. The Hall–Kier alpha value is -1.92. The summed E-state index contributed by atoms with van der Waals surface area (Å²) >= 11 is 0.805. The van der Waals surface area contributed by atoms with Crippen molar-refractivity contribution in [2.45, 2.75) is 24.4 Å². The van der Waals surface area contributed by atoms with Gasteiger partial charge in [0.05, 0.1) is 13.2 Å². The molecule has 2 aromatic rings. The van der Waals surface area contributed by atoms with Gasteiger partial charge < -0.3 is 10.1 Å². The first-order chi connectivity index (χ1) is 12.9. The van der Waals surface area contributed by atoms with Gasteiger partial charge in [-0.3, -0.25) is 9.69 Å². The van der Waals surface area contributed by atoms with Crippen molar-refractivity contribution in [3.8, 4) is 0 Å². The molecule has 27 heavy (non-hydrogen) atoms. The summed E-state index contributed by atoms with van der Waals surface area (Å²) in [5, 5.41) is 9.83. The maximum Gasteiger partial charge on any atom is 0.270 e. The molecule has 0 saturated carbocycles. The fraction of sp³-hybridized carbons (Fsp3) is 0.438. The van der Waals surface area contributed by atoms with Crippen molar-refractivity contribution in [1.29, 1.82) is 0 Å². The Bertz CT molecular complexity index is 876. The summed E-state index contributed by atoms with van der Waals surface area (Å²) in [7, 11) is -3.78. The molecule has 2 heterocycles. The molecule has 1 aliphatic heterocycles. The second kappa shape index (κ2) is 8.85. The third-order valence-electron chi connectivity index (χ3n) is 3.92. The Morgan fingerprint density at radius 2 is 1.85 bits per heavy atom. The van der Waals surface area contributed by atoms with Crippen molar-refractivity contribution < 1.29 is 17.9 Å². The van der Waals surface area contributed by atoms with Gasteiger partial charge in [0.1, 0.15) is 0 Å². The Morgan fingerprint density at radius 3 is 2.52 bits per heavy atom. The molecule has 0 spiro atoms. The van der Waals surface area contributed by atoms with Crippen molar-refractivity contribution in [2.75, 3.05) is 31.6 Å². The number of anilines is 1. The molecule has 1 fully saturated rings. The number of carbonyl (C=O) groups is 1. The molecule has 0 unspecified atom stereocenters. The van der Waals surface area contributed by atoms with Gasteiger partial charge in [0.15, 0.2) is 0 Å². The SMILES string of the molecule is CC(=O)Nc1nnc(S(=O)(=O)NCc2ccc(CN3CCOCC3)cc2)s1. The predicted molar refractivity (Wildman–Crippen MR) is 101 cm³/mol. The second-order valence-electron chi connectivity index (χ2n) is 6.08. The topological polar surface area (TPSA) is 114 Å². The number of nitrogens with zero attached hydrogens (tertiary/aromatic N) is 3. The molecular weight excluding hydrogens is 390 g/mol. The summed E-state index contributed by atoms with van der Waals surface area (Å²) in [5.74, 6) is -0.333. The van der Waals surface area contributed by atoms with E-state index in [9.17, 15) is 13.2 Å². The van der Waals surface area contributed by atoms with Gasteiger partial charge in [0.25, 0.3) is 10.0 Å². The predicted octanol–water partition coefficient (Wildman–Crippen LogP) is 0.807. The molecule has 1 aliphatic rings. The van der Waals surface area contributed by atoms with Crippen LogP contribution in [0, 0.1) is 0 Å². The second-order valence-corrected chi connectivity index (χ2v) is 9.00. The summed E-state index contributed by atoms with van der Waals surface area (Å²) in [6, 6.07) is 7.81. The number of aromatic nitrogens is 2. The fourth-order valence-corrected chi connectivity index (χ4v) is 4.54. The van der Waals surface area contributed by atoms with E-state index in [1.54, 1.807) is 0 Å². The highest BCUT2D eigenvalue weighted by Gasteiger charge is 2.20. The molecule has 1 aromatic carbocycles. The maximum atomic E-state index is 12.3. The molecule has 1 amide bonds. The molecule has 3 rings (SSSR count). The smallest absolute Gasteiger partial charge is 0.270 e. The van der Waals surface area contributed by atoms with Crippen LogP contribution in [0.1, 0.15) is 18.1 Å². The Morgan fingerprint density at radius 1 is 1.19 bits per heavy atom. The van der Waals surface area contributed by atoms with Gasteiger partial charge in [0.2, 0.25) is 15.4 Å². The van der Waals surface area contributed by atoms with E-state index >= 15 is 0 Å². The number of rotatable bonds is 7. The number of benzene rings is 1. The summed E-state index contributed by atoms with van der Waals surface area (Å²) in [5.41, 5.74) is 2.02. The number of hydrogen-bond donors (Lipinski definition) is 2. The number of sulfonamides is 1. The number of nitrogens with one attached hydrogen (secondary N) is 2. The highest BCUT2D eigenvalue weighted by molar-refractivity contribution is 7.91. The zero-order valence-electron chi connectivity index (χ0n) is 14.8. The van der Waals surface area contributed by atoms with Crippen LogP contribution in [0.2, 0.25) is 0 Å². The van der Waals surface area contributed by atoms with Crippen LogP contribution in [-0.2, 0) is 32.6 Å². The van der Waals surface area contributed by atoms with Crippen LogP contribution in [0.15, 0.2) is 28.6 Å². The molecule has 146 valence electrons. The molecule has 9 nitrogen and oxygen atoms in total. The van der Waals surface area contributed by atoms with Crippen molar-refractivity contribution in [3.05, 3.63) is 35.4 Å². The van der Waals surface area contributed by atoms with Gasteiger partial charge >= 0.3 is 0 Å². The van der Waals surface area contributed by atoms with Crippen LogP contribution in [0.5, 0.6) is 0 Å². The lowest BCUT2D eigenvalue weighted by atomic mass is 10.1. The average Bonchev–Trinajstić information content (AvgIpc) is 3.11. The van der Waals surface area contributed by atoms with Gasteiger partial charge in [-0.05, 0) is 11.1 Å². The van der Waals surface area contributed by atoms with Gasteiger partial charge in [0, 0.05) is 33.1 Å². The van der Waals surface area contributed by atoms with E-state index in [-0.39, 0.29) is 21.9 Å². The van der Waals surface area contributed by atoms with Crippen LogP contribution in [-0.4, -0.2) is 55.7 Å². The van der Waals surface area contributed by atoms with Gasteiger partial charge in [-0.25, -0.2) is 13.1 Å². The highest BCUT2D eigenvalue weighted by Crippen LogP contribution is 2.20. The quantitative estimate of drug-likeness (QED) is 0.648. The Labute approximate surface area is 161 Å². The summed E-state index contributed by atoms with van der Waals surface area (Å²) in [6.45, 7) is 5.68. The third-order valence-corrected chi connectivity index (χ3v) is 6.53. The molecule has 2 N–H and O–H groups in total. The van der Waals surface area contributed by atoms with Crippen LogP contribution >= 0.6 is 11.3 Å². The molecule has 0 aliphatic carbocycles. The van der Waals surface area contributed by atoms with E-state index < -0.39 is 10.0 Å². The zero-order valence-corrected chi connectivity index (χ0v) is 16.5. The first-order valence-corrected chi connectivity index (χ1v) is 10.7. The van der Waals surface area contributed by atoms with Crippen LogP contribution in [0.25, 0.3) is 0 Å². The average molecular weight is 412 g/mol. The largest absolute Gasteiger partial charge is 0.379 e. The van der Waals surface area contributed by atoms with Crippen molar-refractivity contribution in [3.63, 3.8) is 0 Å². The minimum Gasteiger partial charge on any atom is -0.379 e. The van der Waals surface area contributed by atoms with Crippen LogP contribution < -0.4 is 10.0 Å². The van der Waals surface area contributed by atoms with Gasteiger partial charge in [-0.15, -0.1) is 10.2 Å². The molecule has 1 saturated heterocycles. The van der Waals surface area contributed by atoms with Crippen LogP contribution in [0.3, 0.4) is 0 Å².